The van der Waals surface area contributed by atoms with E-state index in [1.54, 1.807) is 18.0 Å². The third-order valence-electron chi connectivity index (χ3n) is 4.54. The number of aliphatic hydroxyl groups excluding tert-OH is 1. The summed E-state index contributed by atoms with van der Waals surface area (Å²) in [6, 6.07) is 4.12. The van der Waals surface area contributed by atoms with E-state index in [1.165, 1.54) is 0 Å². The van der Waals surface area contributed by atoms with Crippen LogP contribution >= 0.6 is 11.8 Å². The second-order valence-corrected chi connectivity index (χ2v) is 7.45. The minimum absolute atomic E-state index is 0.0581. The van der Waals surface area contributed by atoms with Gasteiger partial charge in [-0.1, -0.05) is 0 Å². The molecule has 132 valence electrons. The molecule has 0 aromatic carbocycles. The Balaban J connectivity index is 1.46. The summed E-state index contributed by atoms with van der Waals surface area (Å²) >= 11 is 1.57. The molecule has 2 aliphatic heterocycles. The number of carbonyl (C=O) groups excluding carboxylic acids is 1. The van der Waals surface area contributed by atoms with Gasteiger partial charge in [0.1, 0.15) is 5.65 Å². The summed E-state index contributed by atoms with van der Waals surface area (Å²) in [6.07, 6.45) is 5.94. The molecule has 4 rings (SSSR count). The van der Waals surface area contributed by atoms with Crippen molar-refractivity contribution in [3.8, 4) is 0 Å². The predicted octanol–water partition coefficient (Wildman–Crippen LogP) is 0.797. The minimum atomic E-state index is -0.309. The number of hydrogen-bond acceptors (Lipinski definition) is 6. The molecule has 7 nitrogen and oxygen atoms in total. The maximum atomic E-state index is 12.5. The molecule has 0 bridgehead atoms. The smallest absolute Gasteiger partial charge is 0.259 e. The third kappa shape index (κ3) is 3.51. The molecule has 4 N–H and O–H groups in total. The summed E-state index contributed by atoms with van der Waals surface area (Å²) in [6.45, 7) is 1.98. The topological polar surface area (TPSA) is 93.3 Å². The van der Waals surface area contributed by atoms with Gasteiger partial charge in [-0.3, -0.25) is 4.79 Å². The molecule has 0 radical (unpaired) electrons. The average molecular weight is 359 g/mol. The number of pyridine rings is 1. The lowest BCUT2D eigenvalue weighted by Crippen LogP contribution is -2.38. The van der Waals surface area contributed by atoms with Crippen LogP contribution in [-0.2, 0) is 4.79 Å². The van der Waals surface area contributed by atoms with Crippen molar-refractivity contribution in [2.24, 2.45) is 0 Å². The van der Waals surface area contributed by atoms with E-state index >= 15 is 0 Å². The number of H-pyrrole nitrogens is 1. The molecule has 4 heterocycles. The average Bonchev–Trinajstić information content (AvgIpc) is 3.28. The Morgan fingerprint density at radius 2 is 2.40 bits per heavy atom. The first kappa shape index (κ1) is 16.4. The predicted molar refractivity (Wildman–Crippen MR) is 99.4 cm³/mol. The molecule has 1 amide bonds. The van der Waals surface area contributed by atoms with Crippen LogP contribution in [-0.4, -0.2) is 58.5 Å². The summed E-state index contributed by atoms with van der Waals surface area (Å²) in [7, 11) is 0. The lowest BCUT2D eigenvalue weighted by Gasteiger charge is -2.26. The fourth-order valence-electron chi connectivity index (χ4n) is 3.26. The van der Waals surface area contributed by atoms with Gasteiger partial charge in [0.15, 0.2) is 0 Å². The van der Waals surface area contributed by atoms with Gasteiger partial charge in [-0.25, -0.2) is 4.98 Å². The first-order chi connectivity index (χ1) is 12.2. The van der Waals surface area contributed by atoms with Gasteiger partial charge >= 0.3 is 0 Å². The molecule has 0 saturated carbocycles. The van der Waals surface area contributed by atoms with Gasteiger partial charge in [0.05, 0.1) is 16.7 Å². The summed E-state index contributed by atoms with van der Waals surface area (Å²) < 4.78 is 0. The number of aliphatic hydroxyl groups is 1. The fourth-order valence-corrected chi connectivity index (χ4v) is 4.18. The maximum Gasteiger partial charge on any atom is 0.259 e. The normalized spacial score (nSPS) is 23.7. The first-order valence-corrected chi connectivity index (χ1v) is 9.42. The number of nitrogens with one attached hydrogen (secondary N) is 3. The number of β-amino-alcohol motifs (C(OH)–C–C–N with tert-alkyl or cyclic N) is 1. The van der Waals surface area contributed by atoms with Gasteiger partial charge in [0.2, 0.25) is 0 Å². The van der Waals surface area contributed by atoms with E-state index in [2.05, 4.69) is 25.5 Å². The maximum absolute atomic E-state index is 12.5. The van der Waals surface area contributed by atoms with Crippen molar-refractivity contribution in [1.29, 1.82) is 0 Å². The Kier molecular flexibility index (Phi) is 4.65. The van der Waals surface area contributed by atoms with Crippen molar-refractivity contribution < 1.29 is 9.90 Å². The Morgan fingerprint density at radius 1 is 1.48 bits per heavy atom. The molecule has 2 unspecified atom stereocenters. The Bertz CT molecular complexity index is 805. The van der Waals surface area contributed by atoms with Crippen molar-refractivity contribution in [2.45, 2.75) is 18.6 Å². The minimum Gasteiger partial charge on any atom is -0.392 e. The van der Waals surface area contributed by atoms with Gasteiger partial charge in [0, 0.05) is 55.4 Å². The van der Waals surface area contributed by atoms with Crippen LogP contribution in [0.1, 0.15) is 6.42 Å². The molecule has 8 heteroatoms. The fraction of sp³-hybridized carbons (Fsp3) is 0.412. The Morgan fingerprint density at radius 3 is 3.24 bits per heavy atom. The van der Waals surface area contributed by atoms with Crippen molar-refractivity contribution in [2.75, 3.05) is 30.3 Å². The van der Waals surface area contributed by atoms with E-state index in [4.69, 9.17) is 0 Å². The highest BCUT2D eigenvalue weighted by Gasteiger charge is 2.24. The van der Waals surface area contributed by atoms with Crippen LogP contribution in [0.3, 0.4) is 0 Å². The lowest BCUT2D eigenvalue weighted by atomic mass is 10.2. The van der Waals surface area contributed by atoms with E-state index in [9.17, 15) is 9.90 Å². The number of aromatic amines is 1. The second-order valence-electron chi connectivity index (χ2n) is 6.31. The molecule has 1 fully saturated rings. The number of carbonyl (C=O) groups is 1. The van der Waals surface area contributed by atoms with Crippen molar-refractivity contribution in [3.63, 3.8) is 0 Å². The van der Waals surface area contributed by atoms with E-state index in [0.29, 0.717) is 24.4 Å². The lowest BCUT2D eigenvalue weighted by molar-refractivity contribution is -0.116. The number of fused-ring (bicyclic) bond motifs is 1. The molecule has 1 saturated heterocycles. The van der Waals surface area contributed by atoms with Crippen molar-refractivity contribution >= 4 is 34.4 Å². The highest BCUT2D eigenvalue weighted by Crippen LogP contribution is 2.30. The highest BCUT2D eigenvalue weighted by molar-refractivity contribution is 8.04. The molecule has 2 aromatic heterocycles. The van der Waals surface area contributed by atoms with E-state index in [1.807, 2.05) is 24.5 Å². The largest absolute Gasteiger partial charge is 0.392 e. The van der Waals surface area contributed by atoms with Crippen LogP contribution in [0.25, 0.3) is 11.0 Å². The Labute approximate surface area is 149 Å². The number of anilines is 1. The summed E-state index contributed by atoms with van der Waals surface area (Å²) in [5.41, 5.74) is 1.90. The Hall–Kier alpha value is -2.03. The zero-order valence-corrected chi connectivity index (χ0v) is 14.6. The van der Waals surface area contributed by atoms with Crippen LogP contribution in [0.2, 0.25) is 0 Å². The first-order valence-electron chi connectivity index (χ1n) is 8.44. The summed E-state index contributed by atoms with van der Waals surface area (Å²) in [5, 5.41) is 16.8. The number of thioether (sulfide) groups is 1. The van der Waals surface area contributed by atoms with Crippen LogP contribution in [0.4, 0.5) is 5.69 Å². The van der Waals surface area contributed by atoms with E-state index in [0.717, 1.165) is 29.0 Å². The third-order valence-corrected chi connectivity index (χ3v) is 5.53. The highest BCUT2D eigenvalue weighted by atomic mass is 32.2. The number of aromatic nitrogens is 2. The van der Waals surface area contributed by atoms with Crippen LogP contribution < -0.4 is 15.5 Å². The zero-order chi connectivity index (χ0) is 17.2. The van der Waals surface area contributed by atoms with Crippen LogP contribution in [0.15, 0.2) is 35.6 Å². The summed E-state index contributed by atoms with van der Waals surface area (Å²) in [4.78, 5) is 22.7. The van der Waals surface area contributed by atoms with Crippen molar-refractivity contribution in [3.05, 3.63) is 35.6 Å². The molecule has 2 aromatic rings. The number of amides is 1. The molecule has 0 aliphatic carbocycles. The standard InChI is InChI=1S/C17H21N5O2S/c23-12-7-11(20-9-12)8-21-17(24)15-10-22(5-6-25-15)14-2-4-19-16-13(14)1-3-18-16/h1-4,10-12,20,23H,5-9H2,(H,18,19)(H,21,24). The van der Waals surface area contributed by atoms with Gasteiger partial charge in [-0.2, -0.15) is 0 Å². The molecule has 0 spiro atoms. The number of rotatable bonds is 4. The van der Waals surface area contributed by atoms with Crippen LogP contribution in [0, 0.1) is 0 Å². The molecule has 2 aliphatic rings. The van der Waals surface area contributed by atoms with Gasteiger partial charge in [-0.05, 0) is 18.6 Å². The molecular formula is C17H21N5O2S. The number of hydrogen-bond donors (Lipinski definition) is 4. The second kappa shape index (κ2) is 7.07. The van der Waals surface area contributed by atoms with Gasteiger partial charge < -0.3 is 25.6 Å². The molecular weight excluding hydrogens is 338 g/mol. The monoisotopic (exact) mass is 359 g/mol. The molecule has 25 heavy (non-hydrogen) atoms. The van der Waals surface area contributed by atoms with E-state index < -0.39 is 0 Å². The quantitative estimate of drug-likeness (QED) is 0.645. The number of nitrogens with zero attached hydrogens (tertiary/aromatic N) is 2. The van der Waals surface area contributed by atoms with Crippen molar-refractivity contribution in [1.82, 2.24) is 20.6 Å². The SMILES string of the molecule is O=C(NCC1CC(O)CN1)C1=CN(c2ccnc3[nH]ccc23)CCS1. The zero-order valence-electron chi connectivity index (χ0n) is 13.7. The van der Waals surface area contributed by atoms with Crippen LogP contribution in [0.5, 0.6) is 0 Å². The molecule has 2 atom stereocenters. The van der Waals surface area contributed by atoms with Gasteiger partial charge in [-0.15, -0.1) is 11.8 Å². The summed E-state index contributed by atoms with van der Waals surface area (Å²) in [5.74, 6) is 0.797. The van der Waals surface area contributed by atoms with Gasteiger partial charge in [0.25, 0.3) is 5.91 Å². The van der Waals surface area contributed by atoms with E-state index in [-0.39, 0.29) is 18.1 Å².